The highest BCUT2D eigenvalue weighted by molar-refractivity contribution is 5.86. The third kappa shape index (κ3) is 4.04. The Hall–Kier alpha value is -1.92. The average Bonchev–Trinajstić information content (AvgIpc) is 2.79. The van der Waals surface area contributed by atoms with Gasteiger partial charge < -0.3 is 10.4 Å². The van der Waals surface area contributed by atoms with E-state index in [-0.39, 0.29) is 24.2 Å². The topological polar surface area (TPSA) is 97.1 Å². The summed E-state index contributed by atoms with van der Waals surface area (Å²) >= 11 is 0. The molecule has 0 saturated carbocycles. The van der Waals surface area contributed by atoms with E-state index in [9.17, 15) is 9.59 Å². The van der Waals surface area contributed by atoms with Gasteiger partial charge >= 0.3 is 5.97 Å². The fourth-order valence-electron chi connectivity index (χ4n) is 2.01. The van der Waals surface area contributed by atoms with Crippen molar-refractivity contribution in [2.75, 3.05) is 0 Å². The summed E-state index contributed by atoms with van der Waals surface area (Å²) in [5, 5.41) is 19.4. The molecule has 1 amide bonds. The normalized spacial score (nSPS) is 10.8. The molecular formula is C13H22N4O3. The van der Waals surface area contributed by atoms with Crippen LogP contribution in [0.4, 0.5) is 0 Å². The third-order valence-electron chi connectivity index (χ3n) is 3.17. The highest BCUT2D eigenvalue weighted by Gasteiger charge is 2.20. The van der Waals surface area contributed by atoms with Gasteiger partial charge in [0.05, 0.1) is 5.69 Å². The van der Waals surface area contributed by atoms with Crippen LogP contribution >= 0.6 is 0 Å². The highest BCUT2D eigenvalue weighted by Crippen LogP contribution is 2.08. The molecule has 1 aromatic heterocycles. The lowest BCUT2D eigenvalue weighted by atomic mass is 10.2. The molecule has 0 radical (unpaired) electrons. The molecule has 0 bridgehead atoms. The molecule has 0 atom stereocenters. The summed E-state index contributed by atoms with van der Waals surface area (Å²) in [6.07, 6.45) is 3.03. The van der Waals surface area contributed by atoms with E-state index in [1.54, 1.807) is 0 Å². The van der Waals surface area contributed by atoms with E-state index in [4.69, 9.17) is 5.11 Å². The van der Waals surface area contributed by atoms with Crippen LogP contribution in [-0.4, -0.2) is 38.0 Å². The Bertz CT molecular complexity index is 466. The fraction of sp³-hybridized carbons (Fsp3) is 0.692. The average molecular weight is 282 g/mol. The van der Waals surface area contributed by atoms with Crippen molar-refractivity contribution in [2.45, 2.75) is 59.0 Å². The van der Waals surface area contributed by atoms with E-state index in [1.807, 2.05) is 20.8 Å². The van der Waals surface area contributed by atoms with Gasteiger partial charge in [0.2, 0.25) is 5.91 Å². The molecule has 7 nitrogen and oxygen atoms in total. The molecule has 0 fully saturated rings. The van der Waals surface area contributed by atoms with E-state index in [0.717, 1.165) is 19.3 Å². The predicted octanol–water partition coefficient (Wildman–Crippen LogP) is 1.23. The van der Waals surface area contributed by atoms with E-state index in [0.29, 0.717) is 12.1 Å². The second kappa shape index (κ2) is 7.62. The first-order valence-corrected chi connectivity index (χ1v) is 6.98. The van der Waals surface area contributed by atoms with Crippen LogP contribution in [0.2, 0.25) is 0 Å². The molecule has 0 saturated heterocycles. The maximum atomic E-state index is 11.9. The lowest BCUT2D eigenvalue weighted by Crippen LogP contribution is -2.36. The summed E-state index contributed by atoms with van der Waals surface area (Å²) in [5.74, 6) is -1.28. The summed E-state index contributed by atoms with van der Waals surface area (Å²) < 4.78 is 1.38. The smallest absolute Gasteiger partial charge is 0.358 e. The van der Waals surface area contributed by atoms with Gasteiger partial charge in [-0.3, -0.25) is 4.79 Å². The number of hydrogen-bond acceptors (Lipinski definition) is 4. The first-order chi connectivity index (χ1) is 9.53. The molecule has 7 heteroatoms. The zero-order valence-electron chi connectivity index (χ0n) is 12.2. The number of hydrogen-bond donors (Lipinski definition) is 2. The number of carbonyl (C=O) groups is 2. The van der Waals surface area contributed by atoms with Crippen molar-refractivity contribution in [3.05, 3.63) is 11.4 Å². The zero-order valence-corrected chi connectivity index (χ0v) is 12.2. The van der Waals surface area contributed by atoms with Gasteiger partial charge in [0.25, 0.3) is 0 Å². The lowest BCUT2D eigenvalue weighted by Gasteiger charge is -2.15. The number of amides is 1. The molecule has 0 aliphatic rings. The van der Waals surface area contributed by atoms with Gasteiger partial charge in [0, 0.05) is 6.04 Å². The molecule has 20 heavy (non-hydrogen) atoms. The molecule has 0 aliphatic heterocycles. The minimum absolute atomic E-state index is 0.00606. The van der Waals surface area contributed by atoms with Crippen LogP contribution in [0.5, 0.6) is 0 Å². The van der Waals surface area contributed by atoms with Crippen LogP contribution in [-0.2, 0) is 17.8 Å². The van der Waals surface area contributed by atoms with Crippen LogP contribution < -0.4 is 5.32 Å². The highest BCUT2D eigenvalue weighted by atomic mass is 16.4. The van der Waals surface area contributed by atoms with E-state index >= 15 is 0 Å². The zero-order chi connectivity index (χ0) is 15.1. The van der Waals surface area contributed by atoms with Crippen LogP contribution in [0.15, 0.2) is 0 Å². The Kier molecular flexibility index (Phi) is 6.14. The Labute approximate surface area is 118 Å². The summed E-state index contributed by atoms with van der Waals surface area (Å²) in [7, 11) is 0. The second-order valence-electron chi connectivity index (χ2n) is 4.68. The summed E-state index contributed by atoms with van der Waals surface area (Å²) in [6, 6.07) is 0.139. The number of aromatic nitrogens is 3. The van der Waals surface area contributed by atoms with Gasteiger partial charge in [0.1, 0.15) is 6.54 Å². The SMILES string of the molecule is CCCc1c(C(=O)O)nnn1CC(=O)NC(CC)CC. The monoisotopic (exact) mass is 282 g/mol. The standard InChI is InChI=1S/C13H22N4O3/c1-4-7-10-12(13(19)20)15-16-17(10)8-11(18)14-9(5-2)6-3/h9H,4-8H2,1-3H3,(H,14,18)(H,19,20). The van der Waals surface area contributed by atoms with Crippen molar-refractivity contribution in [3.8, 4) is 0 Å². The number of carboxylic acid groups (broad SMARTS) is 1. The molecule has 2 N–H and O–H groups in total. The van der Waals surface area contributed by atoms with Crippen LogP contribution in [0.3, 0.4) is 0 Å². The fourth-order valence-corrected chi connectivity index (χ4v) is 2.01. The van der Waals surface area contributed by atoms with Gasteiger partial charge in [-0.2, -0.15) is 0 Å². The van der Waals surface area contributed by atoms with Gasteiger partial charge in [-0.1, -0.05) is 32.4 Å². The van der Waals surface area contributed by atoms with Crippen LogP contribution in [0, 0.1) is 0 Å². The van der Waals surface area contributed by atoms with Gasteiger partial charge in [-0.25, -0.2) is 9.48 Å². The van der Waals surface area contributed by atoms with Crippen molar-refractivity contribution in [2.24, 2.45) is 0 Å². The summed E-state index contributed by atoms with van der Waals surface area (Å²) in [4.78, 5) is 23.0. The second-order valence-corrected chi connectivity index (χ2v) is 4.68. The molecule has 1 aromatic rings. The molecule has 0 aliphatic carbocycles. The maximum Gasteiger partial charge on any atom is 0.358 e. The predicted molar refractivity (Wildman–Crippen MR) is 73.5 cm³/mol. The third-order valence-corrected chi connectivity index (χ3v) is 3.17. The van der Waals surface area contributed by atoms with Crippen molar-refractivity contribution in [1.82, 2.24) is 20.3 Å². The minimum Gasteiger partial charge on any atom is -0.476 e. The lowest BCUT2D eigenvalue weighted by molar-refractivity contribution is -0.122. The maximum absolute atomic E-state index is 11.9. The van der Waals surface area contributed by atoms with Crippen molar-refractivity contribution < 1.29 is 14.7 Å². The number of rotatable bonds is 8. The summed E-state index contributed by atoms with van der Waals surface area (Å²) in [5.41, 5.74) is 0.432. The Morgan fingerprint density at radius 1 is 1.30 bits per heavy atom. The van der Waals surface area contributed by atoms with Crippen LogP contribution in [0.1, 0.15) is 56.2 Å². The van der Waals surface area contributed by atoms with E-state index in [2.05, 4.69) is 15.6 Å². The first kappa shape index (κ1) is 16.1. The number of carbonyl (C=O) groups excluding carboxylic acids is 1. The molecule has 1 rings (SSSR count). The van der Waals surface area contributed by atoms with Crippen LogP contribution in [0.25, 0.3) is 0 Å². The molecule has 0 spiro atoms. The minimum atomic E-state index is -1.11. The van der Waals surface area contributed by atoms with Gasteiger partial charge in [-0.05, 0) is 19.3 Å². The number of nitrogens with one attached hydrogen (secondary N) is 1. The molecule has 0 aromatic carbocycles. The largest absolute Gasteiger partial charge is 0.476 e. The molecular weight excluding hydrogens is 260 g/mol. The summed E-state index contributed by atoms with van der Waals surface area (Å²) in [6.45, 7) is 5.96. The number of carboxylic acids is 1. The Morgan fingerprint density at radius 2 is 1.95 bits per heavy atom. The van der Waals surface area contributed by atoms with Gasteiger partial charge in [-0.15, -0.1) is 5.10 Å². The Morgan fingerprint density at radius 3 is 2.45 bits per heavy atom. The molecule has 112 valence electrons. The molecule has 0 unspecified atom stereocenters. The van der Waals surface area contributed by atoms with E-state index in [1.165, 1.54) is 4.68 Å². The van der Waals surface area contributed by atoms with Gasteiger partial charge in [0.15, 0.2) is 5.69 Å². The van der Waals surface area contributed by atoms with Crippen molar-refractivity contribution in [1.29, 1.82) is 0 Å². The Balaban J connectivity index is 2.81. The number of aromatic carboxylic acids is 1. The first-order valence-electron chi connectivity index (χ1n) is 6.98. The van der Waals surface area contributed by atoms with Crippen molar-refractivity contribution in [3.63, 3.8) is 0 Å². The number of nitrogens with zero attached hydrogens (tertiary/aromatic N) is 3. The van der Waals surface area contributed by atoms with Crippen molar-refractivity contribution >= 4 is 11.9 Å². The molecule has 1 heterocycles. The van der Waals surface area contributed by atoms with E-state index < -0.39 is 5.97 Å². The quantitative estimate of drug-likeness (QED) is 0.747.